The van der Waals surface area contributed by atoms with Gasteiger partial charge in [0.15, 0.2) is 0 Å². The fourth-order valence-electron chi connectivity index (χ4n) is 2.81. The number of benzene rings is 1. The second kappa shape index (κ2) is 9.94. The lowest BCUT2D eigenvalue weighted by atomic mass is 10.1. The molecule has 1 fully saturated rings. The summed E-state index contributed by atoms with van der Waals surface area (Å²) in [5.74, 6) is 0.0966. The molecule has 0 saturated carbocycles. The van der Waals surface area contributed by atoms with Crippen LogP contribution in [-0.4, -0.2) is 66.7 Å². The number of anilines is 1. The zero-order valence-electron chi connectivity index (χ0n) is 15.2. The molecule has 1 aromatic heterocycles. The summed E-state index contributed by atoms with van der Waals surface area (Å²) in [6.07, 6.45) is 3.49. The molecule has 8 heteroatoms. The standard InChI is InChI=1S/C19H24FN5O2/c20-16-4-2-1-3-15(16)5-6-21-18-14-23-17(13-24-18)19(26)22-7-8-25-9-11-27-12-10-25/h1-4,13-14H,5-12H2,(H,21,24)(H,22,26). The summed E-state index contributed by atoms with van der Waals surface area (Å²) in [5.41, 5.74) is 0.922. The minimum absolute atomic E-state index is 0.213. The fraction of sp³-hybridized carbons (Fsp3) is 0.421. The number of hydrogen-bond acceptors (Lipinski definition) is 6. The number of hydrogen-bond donors (Lipinski definition) is 2. The van der Waals surface area contributed by atoms with E-state index in [1.807, 2.05) is 6.07 Å². The summed E-state index contributed by atoms with van der Waals surface area (Å²) in [5, 5.41) is 5.93. The molecule has 144 valence electrons. The second-order valence-electron chi connectivity index (χ2n) is 6.26. The monoisotopic (exact) mass is 373 g/mol. The Hall–Kier alpha value is -2.58. The highest BCUT2D eigenvalue weighted by Gasteiger charge is 2.12. The maximum atomic E-state index is 13.6. The van der Waals surface area contributed by atoms with E-state index in [1.54, 1.807) is 12.1 Å². The van der Waals surface area contributed by atoms with Gasteiger partial charge in [-0.2, -0.15) is 0 Å². The number of amides is 1. The molecular formula is C19H24FN5O2. The molecule has 0 unspecified atom stereocenters. The van der Waals surface area contributed by atoms with Crippen molar-refractivity contribution in [3.8, 4) is 0 Å². The van der Waals surface area contributed by atoms with Gasteiger partial charge in [0.1, 0.15) is 17.3 Å². The summed E-state index contributed by atoms with van der Waals surface area (Å²) in [7, 11) is 0. The van der Waals surface area contributed by atoms with E-state index in [2.05, 4.69) is 25.5 Å². The molecule has 0 bridgehead atoms. The maximum absolute atomic E-state index is 13.6. The van der Waals surface area contributed by atoms with E-state index in [0.717, 1.165) is 32.8 Å². The topological polar surface area (TPSA) is 79.4 Å². The molecule has 27 heavy (non-hydrogen) atoms. The molecule has 1 amide bonds. The van der Waals surface area contributed by atoms with Gasteiger partial charge in [-0.25, -0.2) is 14.4 Å². The summed E-state index contributed by atoms with van der Waals surface area (Å²) in [4.78, 5) is 22.7. The van der Waals surface area contributed by atoms with E-state index in [-0.39, 0.29) is 17.4 Å². The molecule has 1 aliphatic heterocycles. The number of ether oxygens (including phenoxy) is 1. The van der Waals surface area contributed by atoms with Crippen LogP contribution in [-0.2, 0) is 11.2 Å². The molecule has 2 aromatic rings. The molecule has 1 saturated heterocycles. The van der Waals surface area contributed by atoms with Crippen LogP contribution >= 0.6 is 0 Å². The number of rotatable bonds is 8. The summed E-state index contributed by atoms with van der Waals surface area (Å²) >= 11 is 0. The molecule has 0 atom stereocenters. The van der Waals surface area contributed by atoms with Crippen LogP contribution in [0.3, 0.4) is 0 Å². The van der Waals surface area contributed by atoms with Crippen molar-refractivity contribution in [1.82, 2.24) is 20.2 Å². The van der Waals surface area contributed by atoms with Crippen LogP contribution in [0.4, 0.5) is 10.2 Å². The van der Waals surface area contributed by atoms with Gasteiger partial charge in [-0.05, 0) is 18.1 Å². The van der Waals surface area contributed by atoms with Crippen LogP contribution in [0.1, 0.15) is 16.1 Å². The van der Waals surface area contributed by atoms with Crippen LogP contribution in [0.5, 0.6) is 0 Å². The van der Waals surface area contributed by atoms with E-state index in [1.165, 1.54) is 18.5 Å². The van der Waals surface area contributed by atoms with Crippen LogP contribution in [0.25, 0.3) is 0 Å². The van der Waals surface area contributed by atoms with Crippen molar-refractivity contribution in [2.45, 2.75) is 6.42 Å². The predicted octanol–water partition coefficient (Wildman–Crippen LogP) is 1.33. The van der Waals surface area contributed by atoms with Crippen molar-refractivity contribution in [1.29, 1.82) is 0 Å². The zero-order chi connectivity index (χ0) is 18.9. The Morgan fingerprint density at radius 3 is 2.70 bits per heavy atom. The van der Waals surface area contributed by atoms with Gasteiger partial charge in [-0.15, -0.1) is 0 Å². The van der Waals surface area contributed by atoms with E-state index in [4.69, 9.17) is 4.74 Å². The van der Waals surface area contributed by atoms with Crippen LogP contribution in [0.2, 0.25) is 0 Å². The van der Waals surface area contributed by atoms with Crippen molar-refractivity contribution in [3.05, 3.63) is 53.7 Å². The Morgan fingerprint density at radius 2 is 1.96 bits per heavy atom. The van der Waals surface area contributed by atoms with E-state index < -0.39 is 0 Å². The Morgan fingerprint density at radius 1 is 1.15 bits per heavy atom. The highest BCUT2D eigenvalue weighted by molar-refractivity contribution is 5.91. The quantitative estimate of drug-likeness (QED) is 0.727. The zero-order valence-corrected chi connectivity index (χ0v) is 15.2. The summed E-state index contributed by atoms with van der Waals surface area (Å²) in [6, 6.07) is 6.68. The Bertz CT molecular complexity index is 735. The normalized spacial score (nSPS) is 14.7. The van der Waals surface area contributed by atoms with Crippen LogP contribution in [0.15, 0.2) is 36.7 Å². The minimum Gasteiger partial charge on any atom is -0.379 e. The van der Waals surface area contributed by atoms with Gasteiger partial charge in [0.05, 0.1) is 25.6 Å². The molecule has 7 nitrogen and oxygen atoms in total. The summed E-state index contributed by atoms with van der Waals surface area (Å²) < 4.78 is 18.9. The minimum atomic E-state index is -0.242. The molecule has 2 heterocycles. The first-order valence-corrected chi connectivity index (χ1v) is 9.10. The van der Waals surface area contributed by atoms with Gasteiger partial charge in [-0.1, -0.05) is 18.2 Å². The second-order valence-corrected chi connectivity index (χ2v) is 6.26. The van der Waals surface area contributed by atoms with Gasteiger partial charge >= 0.3 is 0 Å². The number of aromatic nitrogens is 2. The van der Waals surface area contributed by atoms with Crippen molar-refractivity contribution in [3.63, 3.8) is 0 Å². The number of carbonyl (C=O) groups excluding carboxylic acids is 1. The SMILES string of the molecule is O=C(NCCN1CCOCC1)c1cnc(NCCc2ccccc2F)cn1. The Balaban J connectivity index is 1.39. The molecule has 3 rings (SSSR count). The number of halogens is 1. The van der Waals surface area contributed by atoms with Gasteiger partial charge < -0.3 is 15.4 Å². The number of carbonyl (C=O) groups is 1. The Labute approximate surface area is 158 Å². The maximum Gasteiger partial charge on any atom is 0.271 e. The lowest BCUT2D eigenvalue weighted by molar-refractivity contribution is 0.0383. The predicted molar refractivity (Wildman–Crippen MR) is 100 cm³/mol. The third kappa shape index (κ3) is 5.97. The average Bonchev–Trinajstić information content (AvgIpc) is 2.71. The lowest BCUT2D eigenvalue weighted by Gasteiger charge is -2.26. The largest absolute Gasteiger partial charge is 0.379 e. The number of nitrogens with one attached hydrogen (secondary N) is 2. The van der Waals surface area contributed by atoms with Crippen LogP contribution in [0, 0.1) is 5.82 Å². The van der Waals surface area contributed by atoms with Gasteiger partial charge in [0, 0.05) is 32.7 Å². The first-order valence-electron chi connectivity index (χ1n) is 9.10. The van der Waals surface area contributed by atoms with Crippen molar-refractivity contribution >= 4 is 11.7 Å². The smallest absolute Gasteiger partial charge is 0.271 e. The first kappa shape index (κ1) is 19.2. The molecule has 1 aliphatic rings. The first-order chi connectivity index (χ1) is 13.2. The number of nitrogens with zero attached hydrogens (tertiary/aromatic N) is 3. The van der Waals surface area contributed by atoms with E-state index in [0.29, 0.717) is 30.9 Å². The molecule has 1 aromatic carbocycles. The van der Waals surface area contributed by atoms with E-state index >= 15 is 0 Å². The third-order valence-corrected chi connectivity index (χ3v) is 4.36. The van der Waals surface area contributed by atoms with Crippen LogP contribution < -0.4 is 10.6 Å². The van der Waals surface area contributed by atoms with Crippen molar-refractivity contribution in [2.24, 2.45) is 0 Å². The van der Waals surface area contributed by atoms with Gasteiger partial charge in [0.25, 0.3) is 5.91 Å². The van der Waals surface area contributed by atoms with Crippen molar-refractivity contribution in [2.75, 3.05) is 51.3 Å². The van der Waals surface area contributed by atoms with E-state index in [9.17, 15) is 9.18 Å². The molecule has 0 aliphatic carbocycles. The molecule has 2 N–H and O–H groups in total. The molecule has 0 spiro atoms. The highest BCUT2D eigenvalue weighted by Crippen LogP contribution is 2.08. The lowest BCUT2D eigenvalue weighted by Crippen LogP contribution is -2.41. The average molecular weight is 373 g/mol. The van der Waals surface area contributed by atoms with Gasteiger partial charge in [0.2, 0.25) is 0 Å². The summed E-state index contributed by atoms with van der Waals surface area (Å²) in [6.45, 7) is 5.14. The fourth-order valence-corrected chi connectivity index (χ4v) is 2.81. The highest BCUT2D eigenvalue weighted by atomic mass is 19.1. The van der Waals surface area contributed by atoms with Crippen molar-refractivity contribution < 1.29 is 13.9 Å². The number of morpholine rings is 1. The molecular weight excluding hydrogens is 349 g/mol. The van der Waals surface area contributed by atoms with Gasteiger partial charge in [-0.3, -0.25) is 9.69 Å². The third-order valence-electron chi connectivity index (χ3n) is 4.36. The Kier molecular flexibility index (Phi) is 7.06. The molecule has 0 radical (unpaired) electrons.